The average Bonchev–Trinajstić information content (AvgIpc) is 3.38. The van der Waals surface area contributed by atoms with E-state index < -0.39 is 29.8 Å². The molecule has 0 aliphatic heterocycles. The molecule has 4 aromatic rings. The number of benzene rings is 1. The maximum atomic E-state index is 13.5. The number of pyridine rings is 1. The summed E-state index contributed by atoms with van der Waals surface area (Å²) in [5.41, 5.74) is -1.63. The molecule has 3 aromatic heterocycles. The Morgan fingerprint density at radius 3 is 2.74 bits per heavy atom. The molecule has 0 radical (unpaired) electrons. The second-order valence-corrected chi connectivity index (χ2v) is 7.21. The molecule has 1 aromatic carbocycles. The number of halogens is 3. The van der Waals surface area contributed by atoms with Gasteiger partial charge in [-0.1, -0.05) is 17.3 Å². The highest BCUT2D eigenvalue weighted by Gasteiger charge is 2.34. The zero-order valence-electron chi connectivity index (χ0n) is 15.4. The SMILES string of the molecule is N#Cc1csc(NC(=O)Cn2c(=O)ccc3cccc(C(F)(F)F)c32)c1-n1ccnn1. The molecular weight excluding hydrogens is 433 g/mol. The van der Waals surface area contributed by atoms with Crippen LogP contribution in [-0.2, 0) is 17.5 Å². The van der Waals surface area contributed by atoms with E-state index >= 15 is 0 Å². The predicted molar refractivity (Wildman–Crippen MR) is 106 cm³/mol. The summed E-state index contributed by atoms with van der Waals surface area (Å²) in [7, 11) is 0. The Morgan fingerprint density at radius 2 is 2.06 bits per heavy atom. The largest absolute Gasteiger partial charge is 0.418 e. The summed E-state index contributed by atoms with van der Waals surface area (Å²) in [5.74, 6) is -0.737. The van der Waals surface area contributed by atoms with Crippen LogP contribution in [0.1, 0.15) is 11.1 Å². The number of para-hydroxylation sites is 1. The highest BCUT2D eigenvalue weighted by molar-refractivity contribution is 7.15. The Bertz CT molecular complexity index is 1380. The highest BCUT2D eigenvalue weighted by Crippen LogP contribution is 2.34. The molecule has 1 N–H and O–H groups in total. The zero-order chi connectivity index (χ0) is 22.2. The minimum atomic E-state index is -4.71. The number of alkyl halides is 3. The van der Waals surface area contributed by atoms with E-state index in [1.54, 1.807) is 0 Å². The van der Waals surface area contributed by atoms with Crippen molar-refractivity contribution in [2.75, 3.05) is 5.32 Å². The summed E-state index contributed by atoms with van der Waals surface area (Å²) in [6.45, 7) is -0.653. The first-order valence-corrected chi connectivity index (χ1v) is 9.55. The Kier molecular flexibility index (Phi) is 5.04. The predicted octanol–water partition coefficient (Wildman–Crippen LogP) is 3.17. The first-order chi connectivity index (χ1) is 14.8. The van der Waals surface area contributed by atoms with Crippen molar-refractivity contribution in [2.24, 2.45) is 0 Å². The van der Waals surface area contributed by atoms with E-state index in [9.17, 15) is 28.0 Å². The molecule has 156 valence electrons. The smallest absolute Gasteiger partial charge is 0.314 e. The van der Waals surface area contributed by atoms with E-state index in [1.807, 2.05) is 6.07 Å². The van der Waals surface area contributed by atoms with E-state index in [0.717, 1.165) is 28.0 Å². The van der Waals surface area contributed by atoms with Gasteiger partial charge in [-0.15, -0.1) is 16.4 Å². The van der Waals surface area contributed by atoms with Gasteiger partial charge in [0.15, 0.2) is 0 Å². The maximum Gasteiger partial charge on any atom is 0.418 e. The van der Waals surface area contributed by atoms with Gasteiger partial charge in [0.2, 0.25) is 5.91 Å². The lowest BCUT2D eigenvalue weighted by Gasteiger charge is -2.15. The number of anilines is 1. The number of hydrogen-bond donors (Lipinski definition) is 1. The fourth-order valence-corrected chi connectivity index (χ4v) is 4.02. The average molecular weight is 444 g/mol. The molecule has 0 saturated heterocycles. The monoisotopic (exact) mass is 444 g/mol. The van der Waals surface area contributed by atoms with Gasteiger partial charge < -0.3 is 5.32 Å². The van der Waals surface area contributed by atoms with Gasteiger partial charge in [0.25, 0.3) is 5.56 Å². The Hall–Kier alpha value is -3.98. The second kappa shape index (κ2) is 7.69. The number of aromatic nitrogens is 4. The lowest BCUT2D eigenvalue weighted by atomic mass is 10.1. The molecule has 31 heavy (non-hydrogen) atoms. The van der Waals surface area contributed by atoms with Gasteiger partial charge in [-0.25, -0.2) is 4.68 Å². The Labute approximate surface area is 175 Å². The van der Waals surface area contributed by atoms with Gasteiger partial charge in [-0.2, -0.15) is 18.4 Å². The van der Waals surface area contributed by atoms with Gasteiger partial charge >= 0.3 is 6.18 Å². The second-order valence-electron chi connectivity index (χ2n) is 6.33. The van der Waals surface area contributed by atoms with Gasteiger partial charge in [-0.3, -0.25) is 14.2 Å². The van der Waals surface area contributed by atoms with Crippen LogP contribution in [0.2, 0.25) is 0 Å². The normalized spacial score (nSPS) is 11.4. The number of carbonyl (C=O) groups excluding carboxylic acids is 1. The molecule has 3 heterocycles. The van der Waals surface area contributed by atoms with Crippen molar-refractivity contribution in [1.29, 1.82) is 5.26 Å². The summed E-state index contributed by atoms with van der Waals surface area (Å²) in [4.78, 5) is 25.0. The summed E-state index contributed by atoms with van der Waals surface area (Å²) in [6, 6.07) is 7.89. The third-order valence-corrected chi connectivity index (χ3v) is 5.29. The van der Waals surface area contributed by atoms with Crippen molar-refractivity contribution >= 4 is 33.1 Å². The fourth-order valence-electron chi connectivity index (χ4n) is 3.13. The molecule has 0 aliphatic carbocycles. The lowest BCUT2D eigenvalue weighted by molar-refractivity contribution is -0.136. The van der Waals surface area contributed by atoms with Gasteiger partial charge in [0.1, 0.15) is 23.3 Å². The van der Waals surface area contributed by atoms with Crippen LogP contribution in [0.25, 0.3) is 16.6 Å². The molecule has 0 atom stereocenters. The molecule has 0 spiro atoms. The summed E-state index contributed by atoms with van der Waals surface area (Å²) >= 11 is 1.04. The van der Waals surface area contributed by atoms with Crippen molar-refractivity contribution in [3.8, 4) is 11.8 Å². The van der Waals surface area contributed by atoms with Crippen LogP contribution in [0.5, 0.6) is 0 Å². The Morgan fingerprint density at radius 1 is 1.26 bits per heavy atom. The summed E-state index contributed by atoms with van der Waals surface area (Å²) < 4.78 is 42.6. The van der Waals surface area contributed by atoms with Crippen LogP contribution in [0.4, 0.5) is 18.2 Å². The minimum Gasteiger partial charge on any atom is -0.314 e. The van der Waals surface area contributed by atoms with Crippen molar-refractivity contribution in [3.63, 3.8) is 0 Å². The van der Waals surface area contributed by atoms with Crippen LogP contribution < -0.4 is 10.9 Å². The number of carbonyl (C=O) groups is 1. The van der Waals surface area contributed by atoms with Crippen LogP contribution >= 0.6 is 11.3 Å². The Balaban J connectivity index is 1.73. The topological polar surface area (TPSA) is 106 Å². The number of fused-ring (bicyclic) bond motifs is 1. The van der Waals surface area contributed by atoms with Gasteiger partial charge in [0.05, 0.1) is 29.0 Å². The lowest BCUT2D eigenvalue weighted by Crippen LogP contribution is -2.28. The molecule has 12 heteroatoms. The summed E-state index contributed by atoms with van der Waals surface area (Å²) in [6.07, 6.45) is -1.84. The molecule has 0 aliphatic rings. The molecule has 0 saturated carbocycles. The van der Waals surface area contributed by atoms with Crippen LogP contribution in [-0.4, -0.2) is 25.5 Å². The van der Waals surface area contributed by atoms with E-state index in [2.05, 4.69) is 15.6 Å². The number of thiophene rings is 1. The number of rotatable bonds is 4. The van der Waals surface area contributed by atoms with Crippen LogP contribution in [0.3, 0.4) is 0 Å². The molecule has 8 nitrogen and oxygen atoms in total. The molecule has 4 rings (SSSR count). The van der Waals surface area contributed by atoms with Crippen molar-refractivity contribution in [2.45, 2.75) is 12.7 Å². The highest BCUT2D eigenvalue weighted by atomic mass is 32.1. The first kappa shape index (κ1) is 20.3. The number of amides is 1. The first-order valence-electron chi connectivity index (χ1n) is 8.67. The number of nitriles is 1. The quantitative estimate of drug-likeness (QED) is 0.521. The number of nitrogens with one attached hydrogen (secondary N) is 1. The maximum absolute atomic E-state index is 13.5. The van der Waals surface area contributed by atoms with E-state index in [0.29, 0.717) is 0 Å². The molecule has 0 unspecified atom stereocenters. The third kappa shape index (κ3) is 3.78. The number of hydrogen-bond acceptors (Lipinski definition) is 6. The minimum absolute atomic E-state index is 0.174. The van der Waals surface area contributed by atoms with Crippen LogP contribution in [0.15, 0.2) is 52.9 Å². The van der Waals surface area contributed by atoms with Crippen molar-refractivity contribution in [1.82, 2.24) is 19.6 Å². The van der Waals surface area contributed by atoms with Gasteiger partial charge in [0, 0.05) is 11.4 Å². The molecule has 0 bridgehead atoms. The van der Waals surface area contributed by atoms with E-state index in [-0.39, 0.29) is 27.2 Å². The number of nitrogens with zero attached hydrogens (tertiary/aromatic N) is 5. The fraction of sp³-hybridized carbons (Fsp3) is 0.105. The van der Waals surface area contributed by atoms with E-state index in [1.165, 1.54) is 40.7 Å². The molecule has 1 amide bonds. The van der Waals surface area contributed by atoms with Crippen LogP contribution in [0, 0.1) is 11.3 Å². The standard InChI is InChI=1S/C19H11F3N6O2S/c20-19(21,22)13-3-1-2-11-4-5-15(30)27(16(11)13)9-14(29)25-18-17(12(8-23)10-31-18)28-7-6-24-26-28/h1-7,10H,9H2,(H,25,29). The van der Waals surface area contributed by atoms with E-state index in [4.69, 9.17) is 0 Å². The zero-order valence-corrected chi connectivity index (χ0v) is 16.2. The van der Waals surface area contributed by atoms with Crippen molar-refractivity contribution in [3.05, 3.63) is 69.6 Å². The summed E-state index contributed by atoms with van der Waals surface area (Å²) in [5, 5.41) is 21.2. The third-order valence-electron chi connectivity index (χ3n) is 4.41. The molecular formula is C19H11F3N6O2S. The van der Waals surface area contributed by atoms with Crippen molar-refractivity contribution < 1.29 is 18.0 Å². The van der Waals surface area contributed by atoms with Gasteiger partial charge in [-0.05, 0) is 17.5 Å². The molecule has 0 fully saturated rings.